The van der Waals surface area contributed by atoms with Crippen molar-refractivity contribution in [2.75, 3.05) is 10.0 Å². The smallest absolute Gasteiger partial charge is 0.261 e. The van der Waals surface area contributed by atoms with E-state index in [0.29, 0.717) is 21.4 Å². The number of benzene rings is 3. The largest absolute Gasteiger partial charge is 0.322 e. The molecule has 8 heteroatoms. The lowest BCUT2D eigenvalue weighted by molar-refractivity contribution is 0.102. The second kappa shape index (κ2) is 8.00. The maximum Gasteiger partial charge on any atom is 0.261 e. The zero-order valence-corrected chi connectivity index (χ0v) is 16.1. The summed E-state index contributed by atoms with van der Waals surface area (Å²) in [5.41, 5.74) is 1.14. The minimum atomic E-state index is -3.85. The van der Waals surface area contributed by atoms with E-state index in [1.165, 1.54) is 24.3 Å². The molecule has 0 aliphatic heterocycles. The van der Waals surface area contributed by atoms with E-state index in [0.717, 1.165) is 0 Å². The van der Waals surface area contributed by atoms with Gasteiger partial charge < -0.3 is 5.32 Å². The molecule has 2 N–H and O–H groups in total. The van der Waals surface area contributed by atoms with Crippen molar-refractivity contribution in [2.24, 2.45) is 0 Å². The third-order valence-corrected chi connectivity index (χ3v) is 5.49. The fourth-order valence-corrected chi connectivity index (χ4v) is 3.63. The standard InChI is InChI=1S/C19H14Cl2N2O3S/c20-14-4-8-16(9-5-14)22-19(24)13-2-1-3-18(12-13)27(25,26)23-17-10-6-15(21)7-11-17/h1-12,23H,(H,22,24). The third-order valence-electron chi connectivity index (χ3n) is 3.61. The number of carbonyl (C=O) groups excluding carboxylic acids is 1. The fourth-order valence-electron chi connectivity index (χ4n) is 2.27. The van der Waals surface area contributed by atoms with Crippen molar-refractivity contribution in [3.8, 4) is 0 Å². The van der Waals surface area contributed by atoms with Gasteiger partial charge >= 0.3 is 0 Å². The van der Waals surface area contributed by atoms with Gasteiger partial charge in [0.05, 0.1) is 4.90 Å². The minimum Gasteiger partial charge on any atom is -0.322 e. The number of amides is 1. The van der Waals surface area contributed by atoms with Gasteiger partial charge in [-0.1, -0.05) is 29.3 Å². The molecule has 3 rings (SSSR count). The van der Waals surface area contributed by atoms with Crippen molar-refractivity contribution in [1.82, 2.24) is 0 Å². The topological polar surface area (TPSA) is 75.3 Å². The Kier molecular flexibility index (Phi) is 5.70. The summed E-state index contributed by atoms with van der Waals surface area (Å²) in [6, 6.07) is 18.6. The normalized spacial score (nSPS) is 11.0. The van der Waals surface area contributed by atoms with E-state index in [-0.39, 0.29) is 10.5 Å². The molecule has 0 atom stereocenters. The summed E-state index contributed by atoms with van der Waals surface area (Å²) in [5.74, 6) is -0.430. The Balaban J connectivity index is 1.80. The lowest BCUT2D eigenvalue weighted by atomic mass is 10.2. The third kappa shape index (κ3) is 5.01. The van der Waals surface area contributed by atoms with Crippen molar-refractivity contribution in [3.63, 3.8) is 0 Å². The number of anilines is 2. The van der Waals surface area contributed by atoms with E-state index < -0.39 is 15.9 Å². The highest BCUT2D eigenvalue weighted by Gasteiger charge is 2.16. The van der Waals surface area contributed by atoms with Crippen LogP contribution in [0.4, 0.5) is 11.4 Å². The zero-order valence-electron chi connectivity index (χ0n) is 13.8. The molecule has 3 aromatic carbocycles. The second-order valence-electron chi connectivity index (χ2n) is 5.60. The molecule has 0 unspecified atom stereocenters. The van der Waals surface area contributed by atoms with Crippen LogP contribution in [0.1, 0.15) is 10.4 Å². The van der Waals surface area contributed by atoms with E-state index in [2.05, 4.69) is 10.0 Å². The molecule has 5 nitrogen and oxygen atoms in total. The quantitative estimate of drug-likeness (QED) is 0.606. The van der Waals surface area contributed by atoms with E-state index in [1.54, 1.807) is 48.5 Å². The van der Waals surface area contributed by atoms with Gasteiger partial charge in [-0.05, 0) is 66.7 Å². The van der Waals surface area contributed by atoms with Crippen LogP contribution in [0.25, 0.3) is 0 Å². The van der Waals surface area contributed by atoms with E-state index in [9.17, 15) is 13.2 Å². The molecule has 0 heterocycles. The first kappa shape index (κ1) is 19.2. The predicted molar refractivity (Wildman–Crippen MR) is 108 cm³/mol. The Bertz CT molecular complexity index is 1070. The van der Waals surface area contributed by atoms with E-state index in [4.69, 9.17) is 23.2 Å². The molecule has 0 saturated heterocycles. The molecule has 0 bridgehead atoms. The van der Waals surface area contributed by atoms with Gasteiger partial charge in [0.15, 0.2) is 0 Å². The van der Waals surface area contributed by atoms with Gasteiger partial charge in [0, 0.05) is 27.0 Å². The molecule has 0 saturated carbocycles. The first-order valence-corrected chi connectivity index (χ1v) is 10.0. The highest BCUT2D eigenvalue weighted by molar-refractivity contribution is 7.92. The summed E-state index contributed by atoms with van der Waals surface area (Å²) < 4.78 is 27.6. The van der Waals surface area contributed by atoms with Gasteiger partial charge in [0.25, 0.3) is 15.9 Å². The molecule has 0 fully saturated rings. The van der Waals surface area contributed by atoms with E-state index in [1.807, 2.05) is 0 Å². The minimum absolute atomic E-state index is 0.0267. The summed E-state index contributed by atoms with van der Waals surface area (Å²) in [7, 11) is -3.85. The van der Waals surface area contributed by atoms with Gasteiger partial charge in [0.1, 0.15) is 0 Å². The van der Waals surface area contributed by atoms with Crippen LogP contribution in [0, 0.1) is 0 Å². The lowest BCUT2D eigenvalue weighted by Gasteiger charge is -2.10. The maximum absolute atomic E-state index is 12.6. The molecule has 0 spiro atoms. The van der Waals surface area contributed by atoms with Crippen molar-refractivity contribution in [2.45, 2.75) is 4.90 Å². The number of hydrogen-bond donors (Lipinski definition) is 2. The number of carbonyl (C=O) groups is 1. The average Bonchev–Trinajstić information content (AvgIpc) is 2.65. The average molecular weight is 421 g/mol. The molecular formula is C19H14Cl2N2O3S. The maximum atomic E-state index is 12.6. The van der Waals surface area contributed by atoms with Crippen LogP contribution in [0.5, 0.6) is 0 Å². The van der Waals surface area contributed by atoms with Crippen LogP contribution in [-0.2, 0) is 10.0 Å². The molecular weight excluding hydrogens is 407 g/mol. The zero-order chi connectivity index (χ0) is 19.4. The van der Waals surface area contributed by atoms with Crippen molar-refractivity contribution >= 4 is 50.5 Å². The number of sulfonamides is 1. The molecule has 1 amide bonds. The van der Waals surface area contributed by atoms with Crippen molar-refractivity contribution in [3.05, 3.63) is 88.4 Å². The number of nitrogens with one attached hydrogen (secondary N) is 2. The number of rotatable bonds is 5. The summed E-state index contributed by atoms with van der Waals surface area (Å²) in [4.78, 5) is 12.4. The molecule has 0 aliphatic carbocycles. The Morgan fingerprint density at radius 1 is 0.778 bits per heavy atom. The van der Waals surface area contributed by atoms with Crippen LogP contribution in [0.2, 0.25) is 10.0 Å². The molecule has 0 radical (unpaired) electrons. The summed E-state index contributed by atoms with van der Waals surface area (Å²) in [6.45, 7) is 0. The van der Waals surface area contributed by atoms with Gasteiger partial charge in [0.2, 0.25) is 0 Å². The van der Waals surface area contributed by atoms with Crippen LogP contribution in [0.15, 0.2) is 77.7 Å². The van der Waals surface area contributed by atoms with Crippen LogP contribution < -0.4 is 10.0 Å². The second-order valence-corrected chi connectivity index (χ2v) is 8.16. The van der Waals surface area contributed by atoms with Gasteiger partial charge in [-0.3, -0.25) is 9.52 Å². The fraction of sp³-hybridized carbons (Fsp3) is 0. The molecule has 138 valence electrons. The number of hydrogen-bond acceptors (Lipinski definition) is 3. The Morgan fingerprint density at radius 3 is 1.93 bits per heavy atom. The molecule has 0 aromatic heterocycles. The van der Waals surface area contributed by atoms with Gasteiger partial charge in [-0.2, -0.15) is 0 Å². The first-order valence-electron chi connectivity index (χ1n) is 7.79. The monoisotopic (exact) mass is 420 g/mol. The van der Waals surface area contributed by atoms with E-state index >= 15 is 0 Å². The van der Waals surface area contributed by atoms with Crippen LogP contribution >= 0.6 is 23.2 Å². The summed E-state index contributed by atoms with van der Waals surface area (Å²) in [5, 5.41) is 3.74. The lowest BCUT2D eigenvalue weighted by Crippen LogP contribution is -2.16. The SMILES string of the molecule is O=C(Nc1ccc(Cl)cc1)c1cccc(S(=O)(=O)Nc2ccc(Cl)cc2)c1. The Hall–Kier alpha value is -2.54. The van der Waals surface area contributed by atoms with Crippen LogP contribution in [0.3, 0.4) is 0 Å². The highest BCUT2D eigenvalue weighted by Crippen LogP contribution is 2.20. The summed E-state index contributed by atoms with van der Waals surface area (Å²) >= 11 is 11.6. The molecule has 3 aromatic rings. The number of halogens is 2. The summed E-state index contributed by atoms with van der Waals surface area (Å²) in [6.07, 6.45) is 0. The van der Waals surface area contributed by atoms with Crippen molar-refractivity contribution < 1.29 is 13.2 Å². The predicted octanol–water partition coefficient (Wildman–Crippen LogP) is 5.05. The van der Waals surface area contributed by atoms with Gasteiger partial charge in [-0.15, -0.1) is 0 Å². The molecule has 27 heavy (non-hydrogen) atoms. The Labute approximate surface area is 167 Å². The molecule has 0 aliphatic rings. The first-order chi connectivity index (χ1) is 12.8. The van der Waals surface area contributed by atoms with Gasteiger partial charge in [-0.25, -0.2) is 8.42 Å². The van der Waals surface area contributed by atoms with Crippen LogP contribution in [-0.4, -0.2) is 14.3 Å². The van der Waals surface area contributed by atoms with Crippen molar-refractivity contribution in [1.29, 1.82) is 0 Å². The highest BCUT2D eigenvalue weighted by atomic mass is 35.5. The Morgan fingerprint density at radius 2 is 1.33 bits per heavy atom.